The fourth-order valence-corrected chi connectivity index (χ4v) is 23.3. The Balaban J connectivity index is 0.0000000979. The second kappa shape index (κ2) is 42.9. The lowest BCUT2D eigenvalue weighted by Gasteiger charge is -2.26. The molecule has 27 nitrogen and oxygen atoms in total. The predicted molar refractivity (Wildman–Crippen MR) is 581 cm³/mol. The van der Waals surface area contributed by atoms with Gasteiger partial charge in [-0.15, -0.1) is 0 Å². The summed E-state index contributed by atoms with van der Waals surface area (Å²) in [5.41, 5.74) is 34.1. The summed E-state index contributed by atoms with van der Waals surface area (Å²) in [5, 5.41) is 27.2. The predicted octanol–water partition coefficient (Wildman–Crippen LogP) is 17.7. The van der Waals surface area contributed by atoms with E-state index in [1.807, 2.05) is 103 Å². The molecule has 1 aliphatic carbocycles. The van der Waals surface area contributed by atoms with E-state index in [4.69, 9.17) is 14.2 Å². The van der Waals surface area contributed by atoms with E-state index in [1.165, 1.54) is 124 Å². The number of aromatic nitrogens is 6. The number of hydrogen-bond acceptors (Lipinski definition) is 14. The van der Waals surface area contributed by atoms with Gasteiger partial charge in [-0.2, -0.15) is 0 Å². The molecule has 11 aliphatic rings. The van der Waals surface area contributed by atoms with Crippen molar-refractivity contribution in [2.45, 2.75) is 109 Å². The zero-order valence-corrected chi connectivity index (χ0v) is 83.4. The van der Waals surface area contributed by atoms with Gasteiger partial charge in [0.2, 0.25) is 0 Å². The summed E-state index contributed by atoms with van der Waals surface area (Å²) in [7, 11) is 1.66. The molecular formula is C121H123N17O10. The first-order chi connectivity index (χ1) is 72.7. The second-order valence-corrected chi connectivity index (χ2v) is 40.4. The van der Waals surface area contributed by atoms with Gasteiger partial charge in [0.1, 0.15) is 11.4 Å². The van der Waals surface area contributed by atoms with Crippen LogP contribution < -0.4 is 42.0 Å². The molecule has 752 valence electrons. The smallest absolute Gasteiger partial charge is 0.268 e. The number of carbonyl (C=O) groups is 7. The zero-order valence-electron chi connectivity index (χ0n) is 83.4. The molecule has 0 radical (unpaired) electrons. The van der Waals surface area contributed by atoms with Crippen LogP contribution in [0.25, 0.3) is 110 Å². The number of methoxy groups -OCH3 is 1. The lowest BCUT2D eigenvalue weighted by Crippen LogP contribution is -2.35. The summed E-state index contributed by atoms with van der Waals surface area (Å²) in [6, 6.07) is 78.7. The van der Waals surface area contributed by atoms with Gasteiger partial charge in [-0.1, -0.05) is 133 Å². The quantitative estimate of drug-likeness (QED) is 0.0428. The summed E-state index contributed by atoms with van der Waals surface area (Å²) in [5.74, 6) is 0.928. The van der Waals surface area contributed by atoms with Crippen LogP contribution in [0.3, 0.4) is 0 Å². The van der Waals surface area contributed by atoms with E-state index >= 15 is 0 Å². The van der Waals surface area contributed by atoms with Crippen LogP contribution in [0.15, 0.2) is 237 Å². The summed E-state index contributed by atoms with van der Waals surface area (Å²) in [6.07, 6.45) is 13.5. The molecule has 28 rings (SSSR count). The van der Waals surface area contributed by atoms with E-state index in [2.05, 4.69) is 220 Å². The van der Waals surface area contributed by atoms with Gasteiger partial charge in [0, 0.05) is 231 Å². The van der Waals surface area contributed by atoms with Crippen molar-refractivity contribution in [1.29, 1.82) is 0 Å². The fraction of sp³-hybridized carbons (Fsp3) is 0.298. The molecule has 4 saturated heterocycles. The summed E-state index contributed by atoms with van der Waals surface area (Å²) < 4.78 is 16.1. The molecule has 1 saturated carbocycles. The average Bonchev–Trinajstić information content (AvgIpc) is 1.55. The van der Waals surface area contributed by atoms with Crippen LogP contribution in [0, 0.1) is 0 Å². The van der Waals surface area contributed by atoms with Crippen molar-refractivity contribution in [2.24, 2.45) is 0 Å². The van der Waals surface area contributed by atoms with E-state index in [1.54, 1.807) is 7.11 Å². The first-order valence-electron chi connectivity index (χ1n) is 52.5. The van der Waals surface area contributed by atoms with Crippen molar-refractivity contribution in [3.05, 3.63) is 337 Å². The number of carbonyl (C=O) groups excluding carboxylic acids is 7. The van der Waals surface area contributed by atoms with Gasteiger partial charge in [0.25, 0.3) is 41.4 Å². The number of amides is 7. The molecule has 16 heterocycles. The maximum Gasteiger partial charge on any atom is 0.268 e. The van der Waals surface area contributed by atoms with Crippen LogP contribution >= 0.6 is 0 Å². The van der Waals surface area contributed by atoms with Crippen molar-refractivity contribution in [3.8, 4) is 50.8 Å². The molecule has 13 N–H and O–H groups in total. The number of morpholine rings is 2. The molecule has 148 heavy (non-hydrogen) atoms. The lowest BCUT2D eigenvalue weighted by molar-refractivity contribution is 0.0341. The van der Waals surface area contributed by atoms with Gasteiger partial charge in [-0.3, -0.25) is 53.2 Å². The standard InChI is InChI=1S/2C22H23N3O2.2C22H23N3O.C18H16N2O2.C15H15N3O2/c26-22-18-5-2-6-19-20(18)17(7-8-23-22)21(24-19)16-4-1-3-15(13-16)14-25-9-11-27-12-10-25;26-22-18-2-1-3-19-20(18)17(8-9-23-22)21(24-19)16-6-4-15(5-7-16)14-25-10-12-27-13-11-25;26-22-18-7-4-8-19-20(18)17(9-10-23-22)21(24-19)16-6-3-5-15(13-16)14-25-11-1-2-12-25;26-22-18-4-3-5-19-20(18)17(10-11-23-22)21(24-19)16-8-6-15(7-9-16)14-25-12-1-2-13-25;1-22-12-7-5-11(6-8-12)14-9-20-18(21)13-3-2-4-16-17(13)15(14)10-19-16;19-14-10-2-1-3-11-12(10)9(6-7-16-14)13(18-11)15(20)17-8-4-5-8/h1-6,13,24H,7-12,14H2,(H,23,26);1-7,24H,8-14H2,(H,23,26);3-8,13,24H,1-2,9-12,14H2,(H,23,26);3-9,24H,1-2,10-14H2,(H,23,26);2-8,10,14,19H,9H2,1H3,(H,20,21);1-3,8,18H,4-7H2,(H,16,19)(H,17,20). The Morgan fingerprint density at radius 3 is 1.05 bits per heavy atom. The van der Waals surface area contributed by atoms with E-state index in [0.29, 0.717) is 63.0 Å². The number of ether oxygens (including phenoxy) is 3. The normalized spacial score (nSPS) is 17.5. The average molecular weight is 1980 g/mol. The minimum absolute atomic E-state index is 0.0116. The van der Waals surface area contributed by atoms with Crippen LogP contribution in [0.2, 0.25) is 0 Å². The molecule has 6 aromatic heterocycles. The number of aromatic amines is 6. The van der Waals surface area contributed by atoms with Crippen LogP contribution in [0.5, 0.6) is 5.75 Å². The van der Waals surface area contributed by atoms with E-state index in [0.717, 1.165) is 250 Å². The van der Waals surface area contributed by atoms with E-state index in [-0.39, 0.29) is 47.3 Å². The third-order valence-corrected chi connectivity index (χ3v) is 30.8. The summed E-state index contributed by atoms with van der Waals surface area (Å²) >= 11 is 0. The number of rotatable bonds is 16. The van der Waals surface area contributed by atoms with E-state index in [9.17, 15) is 33.6 Å². The molecule has 17 aromatic rings. The number of nitrogens with one attached hydrogen (secondary N) is 13. The van der Waals surface area contributed by atoms with Gasteiger partial charge >= 0.3 is 0 Å². The van der Waals surface area contributed by atoms with Crippen LogP contribution in [0.4, 0.5) is 0 Å². The van der Waals surface area contributed by atoms with Crippen molar-refractivity contribution in [2.75, 3.05) is 125 Å². The van der Waals surface area contributed by atoms with Crippen molar-refractivity contribution >= 4 is 107 Å². The Morgan fingerprint density at radius 2 is 0.669 bits per heavy atom. The van der Waals surface area contributed by atoms with Crippen LogP contribution in [0.1, 0.15) is 178 Å². The Kier molecular flexibility index (Phi) is 27.8. The van der Waals surface area contributed by atoms with Gasteiger partial charge in [0.05, 0.1) is 33.5 Å². The van der Waals surface area contributed by atoms with Crippen LogP contribution in [-0.4, -0.2) is 222 Å². The number of H-pyrrole nitrogens is 6. The molecule has 11 aromatic carbocycles. The summed E-state index contributed by atoms with van der Waals surface area (Å²) in [6.45, 7) is 19.9. The minimum Gasteiger partial charge on any atom is -0.497 e. The largest absolute Gasteiger partial charge is 0.497 e. The third kappa shape index (κ3) is 20.2. The Bertz CT molecular complexity index is 7890. The number of benzene rings is 11. The molecule has 10 aliphatic heterocycles. The maximum absolute atomic E-state index is 12.4. The third-order valence-electron chi connectivity index (χ3n) is 30.8. The highest BCUT2D eigenvalue weighted by molar-refractivity contribution is 6.16. The maximum atomic E-state index is 12.4. The molecule has 0 spiro atoms. The van der Waals surface area contributed by atoms with E-state index < -0.39 is 0 Å². The SMILES string of the molecule is COc1ccc(C2CNC(=O)c3cccc4[nH]cc2c34)cc1.O=C(NC1CC1)c1[nH]c2cccc3c2c1CCNC3=O.O=C1NCCc2c(-c3ccc(CN4CCCC4)cc3)[nH]c3cccc1c23.O=C1NCCc2c(-c3ccc(CN4CCOCC4)cc3)[nH]c3cccc1c23.O=C1NCCc2c(-c3cccc(CN4CCCC4)c3)[nH]c3cccc1c23.O=C1NCCc2c(-c3cccc(CN4CCOCC4)c3)[nH]c3cccc1c23. The molecule has 27 heteroatoms. The monoisotopic (exact) mass is 1970 g/mol. The fourth-order valence-electron chi connectivity index (χ4n) is 23.3. The number of nitrogens with zero attached hydrogens (tertiary/aromatic N) is 4. The van der Waals surface area contributed by atoms with Gasteiger partial charge in [0.15, 0.2) is 0 Å². The molecule has 1 unspecified atom stereocenters. The topological polar surface area (TPSA) is 339 Å². The lowest BCUT2D eigenvalue weighted by atomic mass is 9.91. The molecule has 1 atom stereocenters. The van der Waals surface area contributed by atoms with Crippen LogP contribution in [-0.2, 0) is 67.8 Å². The van der Waals surface area contributed by atoms with Gasteiger partial charge < -0.3 is 81.3 Å². The van der Waals surface area contributed by atoms with Crippen molar-refractivity contribution in [1.82, 2.24) is 86.7 Å². The Morgan fingerprint density at radius 1 is 0.338 bits per heavy atom. The zero-order chi connectivity index (χ0) is 100. The molecule has 7 amide bonds. The van der Waals surface area contributed by atoms with Gasteiger partial charge in [-0.05, 0) is 277 Å². The van der Waals surface area contributed by atoms with Crippen molar-refractivity contribution < 1.29 is 47.8 Å². The van der Waals surface area contributed by atoms with Gasteiger partial charge in [-0.25, -0.2) is 0 Å². The highest BCUT2D eigenvalue weighted by atomic mass is 16.5. The van der Waals surface area contributed by atoms with Crippen molar-refractivity contribution in [3.63, 3.8) is 0 Å². The molecule has 5 fully saturated rings. The minimum atomic E-state index is -0.0671. The Hall–Kier alpha value is -15.5. The number of likely N-dealkylation sites (tertiary alicyclic amines) is 2. The second-order valence-electron chi connectivity index (χ2n) is 40.4. The first kappa shape index (κ1) is 96.0. The summed E-state index contributed by atoms with van der Waals surface area (Å²) in [4.78, 5) is 117. The highest BCUT2D eigenvalue weighted by Gasteiger charge is 2.34. The molecular weight excluding hydrogens is 1850 g/mol. The molecule has 0 bridgehead atoms. The highest BCUT2D eigenvalue weighted by Crippen LogP contribution is 2.43. The first-order valence-corrected chi connectivity index (χ1v) is 52.5. The Labute approximate surface area is 857 Å². The number of hydrogen-bond donors (Lipinski definition) is 13.